The van der Waals surface area contributed by atoms with Gasteiger partial charge in [0.25, 0.3) is 0 Å². The van der Waals surface area contributed by atoms with Gasteiger partial charge >= 0.3 is 0 Å². The highest BCUT2D eigenvalue weighted by atomic mass is 35.5. The second kappa shape index (κ2) is 8.13. The van der Waals surface area contributed by atoms with Crippen molar-refractivity contribution in [2.45, 2.75) is 13.8 Å². The van der Waals surface area contributed by atoms with Crippen LogP contribution in [0.5, 0.6) is 5.75 Å². The molecule has 0 saturated carbocycles. The van der Waals surface area contributed by atoms with Crippen molar-refractivity contribution in [3.63, 3.8) is 0 Å². The minimum Gasteiger partial charge on any atom is -0.496 e. The Balaban J connectivity index is 1.66. The summed E-state index contributed by atoms with van der Waals surface area (Å²) in [6, 6.07) is 11.7. The number of amides is 1. The molecule has 1 aliphatic rings. The van der Waals surface area contributed by atoms with E-state index < -0.39 is 5.41 Å². The molecule has 1 aromatic carbocycles. The number of hydrogen-bond acceptors (Lipinski definition) is 5. The van der Waals surface area contributed by atoms with Crippen molar-refractivity contribution in [1.29, 1.82) is 0 Å². The third-order valence-electron chi connectivity index (χ3n) is 4.84. The Labute approximate surface area is 165 Å². The highest BCUT2D eigenvalue weighted by Gasteiger charge is 2.33. The van der Waals surface area contributed by atoms with Gasteiger partial charge in [0.05, 0.1) is 18.2 Å². The molecular formula is C20H25ClN4O2. The number of carbonyl (C=O) groups excluding carboxylic acids is 1. The summed E-state index contributed by atoms with van der Waals surface area (Å²) in [6.07, 6.45) is 0. The number of para-hydroxylation sites is 1. The Hall–Kier alpha value is -2.34. The maximum absolute atomic E-state index is 12.5. The van der Waals surface area contributed by atoms with Gasteiger partial charge in [0.2, 0.25) is 5.91 Å². The highest BCUT2D eigenvalue weighted by Crippen LogP contribution is 2.28. The van der Waals surface area contributed by atoms with Gasteiger partial charge in [-0.2, -0.15) is 0 Å². The zero-order chi connectivity index (χ0) is 19.4. The number of methoxy groups -OCH3 is 1. The molecule has 0 radical (unpaired) electrons. The van der Waals surface area contributed by atoms with E-state index in [4.69, 9.17) is 16.3 Å². The minimum atomic E-state index is -0.528. The van der Waals surface area contributed by atoms with Gasteiger partial charge in [-0.05, 0) is 38.1 Å². The molecule has 1 amide bonds. The van der Waals surface area contributed by atoms with Gasteiger partial charge in [-0.25, -0.2) is 0 Å². The Morgan fingerprint density at radius 3 is 2.41 bits per heavy atom. The van der Waals surface area contributed by atoms with Crippen molar-refractivity contribution in [3.8, 4) is 17.0 Å². The fraction of sp³-hybridized carbons (Fsp3) is 0.450. The Kier molecular flexibility index (Phi) is 5.85. The van der Waals surface area contributed by atoms with E-state index in [0.29, 0.717) is 19.0 Å². The molecular weight excluding hydrogens is 364 g/mol. The van der Waals surface area contributed by atoms with Gasteiger partial charge in [-0.15, -0.1) is 21.8 Å². The van der Waals surface area contributed by atoms with Crippen LogP contribution in [0.4, 0.5) is 5.82 Å². The summed E-state index contributed by atoms with van der Waals surface area (Å²) < 4.78 is 5.39. The number of anilines is 1. The summed E-state index contributed by atoms with van der Waals surface area (Å²) in [5.74, 6) is 2.02. The zero-order valence-electron chi connectivity index (χ0n) is 16.0. The molecule has 0 N–H and O–H groups in total. The lowest BCUT2D eigenvalue weighted by atomic mass is 9.94. The topological polar surface area (TPSA) is 58.6 Å². The van der Waals surface area contributed by atoms with E-state index in [9.17, 15) is 4.79 Å². The van der Waals surface area contributed by atoms with Gasteiger partial charge in [0.15, 0.2) is 5.82 Å². The largest absolute Gasteiger partial charge is 0.496 e. The fourth-order valence-electron chi connectivity index (χ4n) is 3.12. The predicted octanol–water partition coefficient (Wildman–Crippen LogP) is 3.07. The molecule has 144 valence electrons. The number of hydrogen-bond donors (Lipinski definition) is 0. The summed E-state index contributed by atoms with van der Waals surface area (Å²) in [7, 11) is 1.65. The van der Waals surface area contributed by atoms with E-state index in [0.717, 1.165) is 35.9 Å². The number of benzene rings is 1. The van der Waals surface area contributed by atoms with E-state index in [-0.39, 0.29) is 5.91 Å². The molecule has 0 unspecified atom stereocenters. The van der Waals surface area contributed by atoms with Crippen molar-refractivity contribution in [2.75, 3.05) is 44.1 Å². The van der Waals surface area contributed by atoms with Crippen LogP contribution in [-0.2, 0) is 4.79 Å². The van der Waals surface area contributed by atoms with E-state index in [1.165, 1.54) is 0 Å². The van der Waals surface area contributed by atoms with Crippen LogP contribution in [0.3, 0.4) is 0 Å². The standard InChI is InChI=1S/C20H25ClN4O2/c1-20(2,14-21)19(26)25-12-10-24(11-13-25)18-9-8-16(22-23-18)15-6-4-5-7-17(15)27-3/h4-9H,10-14H2,1-3H3. The summed E-state index contributed by atoms with van der Waals surface area (Å²) in [4.78, 5) is 16.6. The monoisotopic (exact) mass is 388 g/mol. The zero-order valence-corrected chi connectivity index (χ0v) is 16.7. The Bertz CT molecular complexity index is 787. The van der Waals surface area contributed by atoms with E-state index >= 15 is 0 Å². The smallest absolute Gasteiger partial charge is 0.229 e. The van der Waals surface area contributed by atoms with Crippen molar-refractivity contribution in [3.05, 3.63) is 36.4 Å². The SMILES string of the molecule is COc1ccccc1-c1ccc(N2CCN(C(=O)C(C)(C)CCl)CC2)nn1. The molecule has 1 aliphatic heterocycles. The van der Waals surface area contributed by atoms with Gasteiger partial charge in [0.1, 0.15) is 5.75 Å². The molecule has 7 heteroatoms. The average Bonchev–Trinajstić information content (AvgIpc) is 2.73. The van der Waals surface area contributed by atoms with Crippen molar-refractivity contribution >= 4 is 23.3 Å². The van der Waals surface area contributed by atoms with Crippen LogP contribution in [0.1, 0.15) is 13.8 Å². The van der Waals surface area contributed by atoms with Crippen LogP contribution in [0.15, 0.2) is 36.4 Å². The number of rotatable bonds is 5. The molecule has 0 atom stereocenters. The summed E-state index contributed by atoms with van der Waals surface area (Å²) >= 11 is 5.93. The number of nitrogens with zero attached hydrogens (tertiary/aromatic N) is 4. The lowest BCUT2D eigenvalue weighted by molar-refractivity contribution is -0.139. The fourth-order valence-corrected chi connectivity index (χ4v) is 3.23. The second-order valence-electron chi connectivity index (χ2n) is 7.27. The highest BCUT2D eigenvalue weighted by molar-refractivity contribution is 6.19. The number of carbonyl (C=O) groups is 1. The molecule has 0 bridgehead atoms. The average molecular weight is 389 g/mol. The Morgan fingerprint density at radius 1 is 1.11 bits per heavy atom. The maximum Gasteiger partial charge on any atom is 0.229 e. The van der Waals surface area contributed by atoms with Crippen LogP contribution >= 0.6 is 11.6 Å². The summed E-state index contributed by atoms with van der Waals surface area (Å²) in [6.45, 7) is 6.55. The summed E-state index contributed by atoms with van der Waals surface area (Å²) in [5.41, 5.74) is 1.16. The molecule has 3 rings (SSSR count). The first-order valence-electron chi connectivity index (χ1n) is 9.03. The van der Waals surface area contributed by atoms with Crippen molar-refractivity contribution < 1.29 is 9.53 Å². The molecule has 1 fully saturated rings. The van der Waals surface area contributed by atoms with Crippen molar-refractivity contribution in [2.24, 2.45) is 5.41 Å². The van der Waals surface area contributed by atoms with Crippen LogP contribution in [0.2, 0.25) is 0 Å². The van der Waals surface area contributed by atoms with Crippen LogP contribution in [0.25, 0.3) is 11.3 Å². The van der Waals surface area contributed by atoms with E-state index in [2.05, 4.69) is 15.1 Å². The molecule has 27 heavy (non-hydrogen) atoms. The van der Waals surface area contributed by atoms with E-state index in [1.54, 1.807) is 7.11 Å². The maximum atomic E-state index is 12.5. The minimum absolute atomic E-state index is 0.106. The van der Waals surface area contributed by atoms with Gasteiger partial charge in [-0.1, -0.05) is 12.1 Å². The normalized spacial score (nSPS) is 15.0. The Morgan fingerprint density at radius 2 is 1.81 bits per heavy atom. The lowest BCUT2D eigenvalue weighted by Crippen LogP contribution is -2.52. The first-order chi connectivity index (χ1) is 13.0. The second-order valence-corrected chi connectivity index (χ2v) is 7.54. The number of halogens is 1. The molecule has 1 saturated heterocycles. The van der Waals surface area contributed by atoms with Gasteiger partial charge in [-0.3, -0.25) is 4.79 Å². The first-order valence-corrected chi connectivity index (χ1v) is 9.57. The summed E-state index contributed by atoms with van der Waals surface area (Å²) in [5, 5.41) is 8.75. The third kappa shape index (κ3) is 4.16. The number of aromatic nitrogens is 2. The lowest BCUT2D eigenvalue weighted by Gasteiger charge is -2.38. The molecule has 1 aromatic heterocycles. The van der Waals surface area contributed by atoms with Gasteiger partial charge in [0, 0.05) is 37.6 Å². The van der Waals surface area contributed by atoms with E-state index in [1.807, 2.05) is 55.1 Å². The van der Waals surface area contributed by atoms with Crippen LogP contribution < -0.4 is 9.64 Å². The third-order valence-corrected chi connectivity index (χ3v) is 5.51. The van der Waals surface area contributed by atoms with Crippen molar-refractivity contribution in [1.82, 2.24) is 15.1 Å². The number of piperazine rings is 1. The molecule has 2 aromatic rings. The molecule has 6 nitrogen and oxygen atoms in total. The van der Waals surface area contributed by atoms with Crippen LogP contribution in [0, 0.1) is 5.41 Å². The molecule has 0 aliphatic carbocycles. The van der Waals surface area contributed by atoms with Crippen LogP contribution in [-0.4, -0.2) is 60.2 Å². The number of ether oxygens (including phenoxy) is 1. The number of alkyl halides is 1. The quantitative estimate of drug-likeness (QED) is 0.737. The predicted molar refractivity (Wildman–Crippen MR) is 107 cm³/mol. The molecule has 2 heterocycles. The first kappa shape index (κ1) is 19.4. The van der Waals surface area contributed by atoms with Gasteiger partial charge < -0.3 is 14.5 Å². The molecule has 0 spiro atoms.